The van der Waals surface area contributed by atoms with Crippen molar-refractivity contribution in [3.63, 3.8) is 0 Å². The summed E-state index contributed by atoms with van der Waals surface area (Å²) in [5.41, 5.74) is -0.373. The summed E-state index contributed by atoms with van der Waals surface area (Å²) in [6.45, 7) is 14.7. The first kappa shape index (κ1) is 43.8. The van der Waals surface area contributed by atoms with Crippen LogP contribution in [0.3, 0.4) is 0 Å². The molecule has 7 rings (SSSR count). The summed E-state index contributed by atoms with van der Waals surface area (Å²) in [5, 5.41) is 17.1. The second-order valence-electron chi connectivity index (χ2n) is 18.9. The fourth-order valence-corrected chi connectivity index (χ4v) is 10.0. The molecule has 3 heterocycles. The highest BCUT2D eigenvalue weighted by atomic mass is 35.5. The van der Waals surface area contributed by atoms with Gasteiger partial charge < -0.3 is 34.4 Å². The van der Waals surface area contributed by atoms with Crippen LogP contribution >= 0.6 is 22.9 Å². The number of carbonyl (C=O) groups is 4. The number of nitrogens with zero attached hydrogens (tertiary/aromatic N) is 4. The predicted octanol–water partition coefficient (Wildman–Crippen LogP) is 7.75. The molecule has 8 atom stereocenters. The highest BCUT2D eigenvalue weighted by Crippen LogP contribution is 2.57. The molecular weight excluding hydrogens is 806 g/mol. The van der Waals surface area contributed by atoms with Crippen LogP contribution < -0.4 is 14.8 Å². The summed E-state index contributed by atoms with van der Waals surface area (Å²) < 4.78 is 18.8. The number of nitrogens with one attached hydrogen (secondary N) is 1. The SMILES string of the molecule is C=C[C@@H]1C[C@]1(CC(=O)[C@@H]1C[C@@H](Oc2cc(-c3csc(NC(C)C)n3)nc3c(Cl)c(OCCN(C)C)ccc23)CN1C(=O)[C@@H](CC(=O)OC1C[C@@H]2C[C@@H]2C1)C(C)(C)C)C(=O)O. The van der Waals surface area contributed by atoms with Crippen LogP contribution in [0.4, 0.5) is 5.13 Å². The number of aromatic nitrogens is 2. The van der Waals surface area contributed by atoms with Gasteiger partial charge in [0.05, 0.1) is 41.6 Å². The second kappa shape index (κ2) is 17.2. The number of ether oxygens (including phenoxy) is 3. The minimum atomic E-state index is -1.27. The molecule has 0 bridgehead atoms. The number of carboxylic acid groups (broad SMARTS) is 1. The first-order valence-corrected chi connectivity index (χ1v) is 22.3. The van der Waals surface area contributed by atoms with Gasteiger partial charge in [0.2, 0.25) is 5.91 Å². The summed E-state index contributed by atoms with van der Waals surface area (Å²) >= 11 is 8.48. The number of aliphatic carboxylic acids is 1. The average molecular weight is 865 g/mol. The highest BCUT2D eigenvalue weighted by molar-refractivity contribution is 7.14. The number of carboxylic acids is 1. The van der Waals surface area contributed by atoms with E-state index in [0.29, 0.717) is 70.2 Å². The van der Waals surface area contributed by atoms with Crippen LogP contribution in [0.15, 0.2) is 36.2 Å². The minimum Gasteiger partial charge on any atom is -0.491 e. The summed E-state index contributed by atoms with van der Waals surface area (Å²) in [4.78, 5) is 68.4. The summed E-state index contributed by atoms with van der Waals surface area (Å²) in [5.74, 6) is -1.21. The Balaban J connectivity index is 1.21. The van der Waals surface area contributed by atoms with Gasteiger partial charge in [-0.1, -0.05) is 38.4 Å². The Hall–Kier alpha value is -4.27. The van der Waals surface area contributed by atoms with E-state index in [-0.39, 0.29) is 55.6 Å². The van der Waals surface area contributed by atoms with Crippen LogP contribution in [-0.2, 0) is 23.9 Å². The summed E-state index contributed by atoms with van der Waals surface area (Å²) in [6.07, 6.45) is 3.72. The third kappa shape index (κ3) is 9.45. The quantitative estimate of drug-likeness (QED) is 0.0947. The van der Waals surface area contributed by atoms with Crippen LogP contribution in [0.25, 0.3) is 22.3 Å². The Morgan fingerprint density at radius 2 is 1.82 bits per heavy atom. The van der Waals surface area contributed by atoms with E-state index >= 15 is 0 Å². The van der Waals surface area contributed by atoms with Gasteiger partial charge >= 0.3 is 11.9 Å². The number of anilines is 1. The van der Waals surface area contributed by atoms with Crippen molar-refractivity contribution in [2.45, 2.75) is 104 Å². The van der Waals surface area contributed by atoms with Crippen molar-refractivity contribution in [3.05, 3.63) is 41.3 Å². The van der Waals surface area contributed by atoms with Crippen LogP contribution in [0, 0.1) is 34.5 Å². The molecule has 1 unspecified atom stereocenters. The van der Waals surface area contributed by atoms with Crippen molar-refractivity contribution in [1.29, 1.82) is 0 Å². The highest BCUT2D eigenvalue weighted by Gasteiger charge is 2.61. The number of fused-ring (bicyclic) bond motifs is 2. The number of carbonyl (C=O) groups excluding carboxylic acids is 3. The van der Waals surface area contributed by atoms with Gasteiger partial charge in [-0.25, -0.2) is 9.97 Å². The van der Waals surface area contributed by atoms with E-state index in [4.69, 9.17) is 35.8 Å². The molecule has 2 aromatic heterocycles. The van der Waals surface area contributed by atoms with Crippen LogP contribution in [0.2, 0.25) is 5.02 Å². The molecule has 3 saturated carbocycles. The van der Waals surface area contributed by atoms with E-state index in [0.717, 1.165) is 18.0 Å². The van der Waals surface area contributed by atoms with E-state index in [2.05, 4.69) is 11.9 Å². The number of esters is 1. The lowest BCUT2D eigenvalue weighted by Gasteiger charge is -2.35. The number of amides is 1. The van der Waals surface area contributed by atoms with E-state index < -0.39 is 40.8 Å². The lowest BCUT2D eigenvalue weighted by atomic mass is 9.77. The third-order valence-corrected chi connectivity index (χ3v) is 13.7. The fraction of sp³-hybridized carbons (Fsp3) is 0.600. The molecule has 0 spiro atoms. The Labute approximate surface area is 361 Å². The Morgan fingerprint density at radius 3 is 2.45 bits per heavy atom. The zero-order valence-corrected chi connectivity index (χ0v) is 37.2. The Morgan fingerprint density at radius 1 is 1.08 bits per heavy atom. The zero-order valence-electron chi connectivity index (χ0n) is 35.7. The summed E-state index contributed by atoms with van der Waals surface area (Å²) in [7, 11) is 3.91. The minimum absolute atomic E-state index is 0.0333. The number of hydrogen-bond donors (Lipinski definition) is 2. The lowest BCUT2D eigenvalue weighted by molar-refractivity contribution is -0.157. The Bertz CT molecular complexity index is 2140. The molecule has 4 fully saturated rings. The smallest absolute Gasteiger partial charge is 0.310 e. The number of thiazole rings is 1. The van der Waals surface area contributed by atoms with Crippen LogP contribution in [-0.4, -0.2) is 107 Å². The number of likely N-dealkylation sites (tertiary alicyclic amines) is 1. The van der Waals surface area contributed by atoms with Crippen LogP contribution in [0.1, 0.15) is 79.6 Å². The van der Waals surface area contributed by atoms with Gasteiger partial charge in [-0.3, -0.25) is 19.2 Å². The maximum absolute atomic E-state index is 14.8. The average Bonchev–Trinajstić information content (AvgIpc) is 3.84. The molecule has 1 saturated heterocycles. The topological polar surface area (TPSA) is 160 Å². The van der Waals surface area contributed by atoms with Gasteiger partial charge in [-0.2, -0.15) is 0 Å². The zero-order chi connectivity index (χ0) is 43.3. The molecule has 2 N–H and O–H groups in total. The molecule has 0 radical (unpaired) electrons. The molecule has 60 heavy (non-hydrogen) atoms. The molecule has 1 aromatic carbocycles. The van der Waals surface area contributed by atoms with Crippen molar-refractivity contribution in [1.82, 2.24) is 19.8 Å². The molecule has 15 heteroatoms. The number of hydrogen-bond acceptors (Lipinski definition) is 12. The number of halogens is 1. The molecule has 1 aliphatic heterocycles. The molecular formula is C45H58ClN5O8S. The van der Waals surface area contributed by atoms with Gasteiger partial charge in [-0.15, -0.1) is 17.9 Å². The summed E-state index contributed by atoms with van der Waals surface area (Å²) in [6, 6.07) is 4.59. The standard InChI is InChI=1S/C45H58ClN5O8S/c1-9-27-20-45(27,42(55)56)21-35(52)34-17-29(22-51(34)41(54)31(44(4,5)6)18-38(53)59-28-15-25-14-26(25)16-28)58-37-19-32(33-23-60-43(49-33)47-24(2)3)48-40-30(37)10-11-36(39(40)46)57-13-12-50(7)8/h9-11,19,23-29,31,34H,1,12-18,20-22H2,2-8H3,(H,47,49)(H,55,56)/t25-,26+,27-,28?,29-,31-,34+,45-/m1/s1. The predicted molar refractivity (Wildman–Crippen MR) is 231 cm³/mol. The van der Waals surface area contributed by atoms with Crippen molar-refractivity contribution >= 4 is 62.6 Å². The number of Topliss-reactive ketones (excluding diaryl/α,β-unsaturated/α-hetero) is 1. The van der Waals surface area contributed by atoms with Crippen molar-refractivity contribution < 1.29 is 38.5 Å². The number of likely N-dealkylation sites (N-methyl/N-ethyl adjacent to an activating group) is 1. The first-order chi connectivity index (χ1) is 28.4. The van der Waals surface area contributed by atoms with Gasteiger partial charge in [0, 0.05) is 42.3 Å². The molecule has 4 aliphatic rings. The number of rotatable bonds is 18. The van der Waals surface area contributed by atoms with Crippen molar-refractivity contribution in [2.75, 3.05) is 39.1 Å². The van der Waals surface area contributed by atoms with Crippen molar-refractivity contribution in [3.8, 4) is 22.9 Å². The van der Waals surface area contributed by atoms with Crippen molar-refractivity contribution in [2.24, 2.45) is 34.5 Å². The third-order valence-electron chi connectivity index (χ3n) is 12.6. The normalized spacial score (nSPS) is 26.2. The first-order valence-electron chi connectivity index (χ1n) is 21.0. The number of benzene rings is 1. The van der Waals surface area contributed by atoms with Gasteiger partial charge in [0.15, 0.2) is 10.9 Å². The molecule has 3 aliphatic carbocycles. The molecule has 1 amide bonds. The van der Waals surface area contributed by atoms with E-state index in [9.17, 15) is 24.3 Å². The number of ketones is 1. The lowest BCUT2D eigenvalue weighted by Crippen LogP contribution is -2.48. The van der Waals surface area contributed by atoms with Crippen LogP contribution in [0.5, 0.6) is 11.5 Å². The fourth-order valence-electron chi connectivity index (χ4n) is 8.92. The molecule has 3 aromatic rings. The monoisotopic (exact) mass is 863 g/mol. The second-order valence-corrected chi connectivity index (χ2v) is 20.1. The van der Waals surface area contributed by atoms with E-state index in [1.165, 1.54) is 22.7 Å². The van der Waals surface area contributed by atoms with E-state index in [1.54, 1.807) is 18.2 Å². The largest absolute Gasteiger partial charge is 0.491 e. The molecule has 13 nitrogen and oxygen atoms in total. The maximum Gasteiger partial charge on any atom is 0.310 e. The van der Waals surface area contributed by atoms with Gasteiger partial charge in [-0.05, 0) is 88.9 Å². The van der Waals surface area contributed by atoms with Gasteiger partial charge in [0.1, 0.15) is 41.0 Å². The maximum atomic E-state index is 14.8. The number of allylic oxidation sites excluding steroid dienone is 1. The van der Waals surface area contributed by atoms with E-state index in [1.807, 2.05) is 65.1 Å². The van der Waals surface area contributed by atoms with Gasteiger partial charge in [0.25, 0.3) is 0 Å². The number of pyridine rings is 1. The Kier molecular flexibility index (Phi) is 12.6. The molecule has 324 valence electrons.